The number of benzene rings is 1. The zero-order valence-electron chi connectivity index (χ0n) is 7.73. The smallest absolute Gasteiger partial charge is 0.288 e. The maximum absolute atomic E-state index is 5.62. The molecular weight excluding hydrogens is 194 g/mol. The summed E-state index contributed by atoms with van der Waals surface area (Å²) in [4.78, 5) is 0. The molecule has 3 nitrogen and oxygen atoms in total. The van der Waals surface area contributed by atoms with Crippen LogP contribution in [-0.2, 0) is 0 Å². The van der Waals surface area contributed by atoms with Crippen LogP contribution in [0.5, 0.6) is 0 Å². The lowest BCUT2D eigenvalue weighted by Gasteiger charge is -2.01. The van der Waals surface area contributed by atoms with Crippen LogP contribution in [0.25, 0.3) is 0 Å². The standard InChI is InChI=1S/C10H11N3S/c11-10(14)13-7-6-12-9(13)8-4-2-1-3-5-8/h1-5H,6-7H2,(H2,11,14)/p+1. The van der Waals surface area contributed by atoms with Crippen molar-refractivity contribution in [2.45, 2.75) is 0 Å². The van der Waals surface area contributed by atoms with Crippen molar-refractivity contribution in [1.29, 1.82) is 0 Å². The van der Waals surface area contributed by atoms with E-state index in [1.165, 1.54) is 0 Å². The zero-order valence-corrected chi connectivity index (χ0v) is 8.55. The van der Waals surface area contributed by atoms with Gasteiger partial charge in [0, 0.05) is 5.56 Å². The Morgan fingerprint density at radius 2 is 2.07 bits per heavy atom. The van der Waals surface area contributed by atoms with Crippen molar-refractivity contribution in [2.75, 3.05) is 13.1 Å². The lowest BCUT2D eigenvalue weighted by Crippen LogP contribution is -2.31. The maximum Gasteiger partial charge on any atom is 0.288 e. The molecule has 1 aliphatic heterocycles. The molecule has 0 aliphatic carbocycles. The largest absolute Gasteiger partial charge is 0.309 e. The second-order valence-electron chi connectivity index (χ2n) is 3.13. The third kappa shape index (κ3) is 1.61. The Balaban J connectivity index is 2.43. The maximum atomic E-state index is 5.62. The summed E-state index contributed by atoms with van der Waals surface area (Å²) in [5, 5.41) is 3.70. The summed E-state index contributed by atoms with van der Waals surface area (Å²) in [6, 6.07) is 10.1. The van der Waals surface area contributed by atoms with Gasteiger partial charge in [-0.15, -0.1) is 0 Å². The van der Waals surface area contributed by atoms with E-state index in [0.717, 1.165) is 24.5 Å². The summed E-state index contributed by atoms with van der Waals surface area (Å²) in [6.45, 7) is 1.74. The van der Waals surface area contributed by atoms with E-state index in [1.807, 2.05) is 34.9 Å². The topological polar surface area (TPSA) is 41.1 Å². The molecule has 72 valence electrons. The van der Waals surface area contributed by atoms with Gasteiger partial charge < -0.3 is 11.1 Å². The molecule has 0 amide bonds. The highest BCUT2D eigenvalue weighted by atomic mass is 32.1. The number of hydrogen-bond acceptors (Lipinski definition) is 2. The van der Waals surface area contributed by atoms with Crippen LogP contribution in [0.15, 0.2) is 30.3 Å². The van der Waals surface area contributed by atoms with Gasteiger partial charge in [0.1, 0.15) is 6.54 Å². The minimum absolute atomic E-state index is 0.425. The lowest BCUT2D eigenvalue weighted by molar-refractivity contribution is -0.392. The Bertz CT molecular complexity index is 384. The monoisotopic (exact) mass is 206 g/mol. The predicted molar refractivity (Wildman–Crippen MR) is 60.5 cm³/mol. The molecule has 0 saturated heterocycles. The second kappa shape index (κ2) is 3.75. The second-order valence-corrected chi connectivity index (χ2v) is 3.55. The minimum Gasteiger partial charge on any atom is -0.309 e. The fraction of sp³-hybridized carbons (Fsp3) is 0.200. The van der Waals surface area contributed by atoms with Crippen LogP contribution < -0.4 is 11.1 Å². The predicted octanol–water partition coefficient (Wildman–Crippen LogP) is 0.293. The summed E-state index contributed by atoms with van der Waals surface area (Å²) in [5.74, 6) is 1.01. The molecule has 0 radical (unpaired) electrons. The van der Waals surface area contributed by atoms with Crippen molar-refractivity contribution in [3.63, 3.8) is 0 Å². The van der Waals surface area contributed by atoms with Crippen LogP contribution >= 0.6 is 12.2 Å². The molecule has 0 unspecified atom stereocenters. The van der Waals surface area contributed by atoms with Crippen molar-refractivity contribution < 1.29 is 4.58 Å². The number of rotatable bonds is 1. The Morgan fingerprint density at radius 1 is 1.36 bits per heavy atom. The van der Waals surface area contributed by atoms with Crippen molar-refractivity contribution in [3.8, 4) is 0 Å². The Hall–Kier alpha value is -1.42. The molecule has 1 aromatic carbocycles. The molecule has 1 aliphatic rings. The van der Waals surface area contributed by atoms with Crippen molar-refractivity contribution >= 4 is 23.2 Å². The quantitative estimate of drug-likeness (QED) is 0.513. The SMILES string of the molecule is NC(=S)[N+]1=C(c2ccccc2)NCC1. The molecule has 0 aromatic heterocycles. The molecule has 1 heterocycles. The molecule has 0 atom stereocenters. The summed E-state index contributed by atoms with van der Waals surface area (Å²) >= 11 is 4.98. The van der Waals surface area contributed by atoms with Crippen LogP contribution in [0.4, 0.5) is 0 Å². The van der Waals surface area contributed by atoms with Crippen LogP contribution in [0, 0.1) is 0 Å². The fourth-order valence-electron chi connectivity index (χ4n) is 1.57. The molecule has 0 fully saturated rings. The van der Waals surface area contributed by atoms with Gasteiger partial charge in [-0.1, -0.05) is 18.2 Å². The Kier molecular flexibility index (Phi) is 2.45. The first-order valence-electron chi connectivity index (χ1n) is 4.52. The average molecular weight is 206 g/mol. The molecule has 0 bridgehead atoms. The van der Waals surface area contributed by atoms with Gasteiger partial charge in [-0.25, -0.2) is 4.58 Å². The van der Waals surface area contributed by atoms with E-state index in [1.54, 1.807) is 0 Å². The number of nitrogens with one attached hydrogen (secondary N) is 1. The molecular formula is C10H12N3S+. The van der Waals surface area contributed by atoms with Gasteiger partial charge in [0.15, 0.2) is 0 Å². The van der Waals surface area contributed by atoms with Crippen molar-refractivity contribution in [1.82, 2.24) is 5.32 Å². The fourth-order valence-corrected chi connectivity index (χ4v) is 1.75. The number of hydrogen-bond donors (Lipinski definition) is 2. The zero-order chi connectivity index (χ0) is 9.97. The first-order valence-corrected chi connectivity index (χ1v) is 4.93. The summed E-state index contributed by atoms with van der Waals surface area (Å²) < 4.78 is 1.92. The highest BCUT2D eigenvalue weighted by Gasteiger charge is 2.21. The van der Waals surface area contributed by atoms with E-state index in [4.69, 9.17) is 18.0 Å². The highest BCUT2D eigenvalue weighted by molar-refractivity contribution is 7.79. The van der Waals surface area contributed by atoms with Crippen LogP contribution in [0.2, 0.25) is 0 Å². The molecule has 0 saturated carbocycles. The van der Waals surface area contributed by atoms with Gasteiger partial charge in [-0.2, -0.15) is 0 Å². The van der Waals surface area contributed by atoms with E-state index < -0.39 is 0 Å². The number of thiocarbonyl (C=S) groups is 1. The van der Waals surface area contributed by atoms with E-state index >= 15 is 0 Å². The molecule has 4 heteroatoms. The Morgan fingerprint density at radius 3 is 2.71 bits per heavy atom. The van der Waals surface area contributed by atoms with Crippen molar-refractivity contribution in [2.24, 2.45) is 5.73 Å². The normalized spacial score (nSPS) is 15.4. The highest BCUT2D eigenvalue weighted by Crippen LogP contribution is 2.02. The summed E-state index contributed by atoms with van der Waals surface area (Å²) in [5.41, 5.74) is 6.74. The van der Waals surface area contributed by atoms with Crippen LogP contribution in [0.3, 0.4) is 0 Å². The van der Waals surface area contributed by atoms with Gasteiger partial charge in [-0.3, -0.25) is 0 Å². The average Bonchev–Trinajstić information content (AvgIpc) is 2.67. The van der Waals surface area contributed by atoms with Gasteiger partial charge in [-0.05, 0) is 24.4 Å². The van der Waals surface area contributed by atoms with E-state index in [9.17, 15) is 0 Å². The number of nitrogens with two attached hydrogens (primary N) is 1. The van der Waals surface area contributed by atoms with E-state index in [-0.39, 0.29) is 0 Å². The molecule has 2 rings (SSSR count). The first kappa shape index (κ1) is 9.15. The molecule has 0 spiro atoms. The van der Waals surface area contributed by atoms with E-state index in [2.05, 4.69) is 5.32 Å². The number of amidine groups is 1. The minimum atomic E-state index is 0.425. The third-order valence-corrected chi connectivity index (χ3v) is 2.43. The third-order valence-electron chi connectivity index (χ3n) is 2.21. The Labute approximate surface area is 88.2 Å². The van der Waals surface area contributed by atoms with E-state index in [0.29, 0.717) is 5.11 Å². The van der Waals surface area contributed by atoms with Crippen LogP contribution in [0.1, 0.15) is 5.56 Å². The van der Waals surface area contributed by atoms with Crippen molar-refractivity contribution in [3.05, 3.63) is 35.9 Å². The van der Waals surface area contributed by atoms with Crippen LogP contribution in [-0.4, -0.2) is 28.6 Å². The molecule has 1 aromatic rings. The number of nitrogens with zero attached hydrogens (tertiary/aromatic N) is 1. The van der Waals surface area contributed by atoms with Gasteiger partial charge >= 0.3 is 0 Å². The van der Waals surface area contributed by atoms with Gasteiger partial charge in [0.25, 0.3) is 5.11 Å². The van der Waals surface area contributed by atoms with Gasteiger partial charge in [0.2, 0.25) is 5.84 Å². The first-order chi connectivity index (χ1) is 6.79. The summed E-state index contributed by atoms with van der Waals surface area (Å²) in [7, 11) is 0. The lowest BCUT2D eigenvalue weighted by atomic mass is 10.2. The summed E-state index contributed by atoms with van der Waals surface area (Å²) in [6.07, 6.45) is 0. The van der Waals surface area contributed by atoms with Gasteiger partial charge in [0.05, 0.1) is 6.54 Å². The molecule has 14 heavy (non-hydrogen) atoms. The molecule has 3 N–H and O–H groups in total.